The molecule has 1 heterocycles. The van der Waals surface area contributed by atoms with Crippen molar-refractivity contribution in [3.05, 3.63) is 33.1 Å². The molecule has 1 saturated heterocycles. The predicted octanol–water partition coefficient (Wildman–Crippen LogP) is 4.05. The van der Waals surface area contributed by atoms with Crippen LogP contribution in [-0.2, 0) is 6.54 Å². The first kappa shape index (κ1) is 13.3. The first-order valence-electron chi connectivity index (χ1n) is 6.13. The molecular weight excluding hydrogens is 328 g/mol. The van der Waals surface area contributed by atoms with Crippen molar-refractivity contribution < 1.29 is 4.39 Å². The standard InChI is InChI=1S/C14H19FIN/c1-14(2)5-7-17(8-6-14)10-11-9-12(16)3-4-13(11)15/h3-4,9H,5-8,10H2,1-2H3. The molecule has 17 heavy (non-hydrogen) atoms. The van der Waals surface area contributed by atoms with Crippen molar-refractivity contribution in [3.8, 4) is 0 Å². The van der Waals surface area contributed by atoms with Crippen LogP contribution < -0.4 is 0 Å². The largest absolute Gasteiger partial charge is 0.299 e. The highest BCUT2D eigenvalue weighted by Gasteiger charge is 2.25. The van der Waals surface area contributed by atoms with E-state index in [4.69, 9.17) is 0 Å². The Kier molecular flexibility index (Phi) is 4.08. The van der Waals surface area contributed by atoms with E-state index in [0.717, 1.165) is 28.8 Å². The number of halogens is 2. The average molecular weight is 347 g/mol. The summed E-state index contributed by atoms with van der Waals surface area (Å²) in [5, 5.41) is 0. The first-order chi connectivity index (χ1) is 7.96. The van der Waals surface area contributed by atoms with Crippen LogP contribution in [0.2, 0.25) is 0 Å². The van der Waals surface area contributed by atoms with Crippen molar-refractivity contribution in [3.63, 3.8) is 0 Å². The number of nitrogens with zero attached hydrogens (tertiary/aromatic N) is 1. The van der Waals surface area contributed by atoms with Gasteiger partial charge in [0, 0.05) is 15.7 Å². The number of rotatable bonds is 2. The predicted molar refractivity (Wildman–Crippen MR) is 77.4 cm³/mol. The third-order valence-electron chi connectivity index (χ3n) is 3.61. The van der Waals surface area contributed by atoms with E-state index in [9.17, 15) is 4.39 Å². The van der Waals surface area contributed by atoms with Gasteiger partial charge in [-0.3, -0.25) is 4.90 Å². The maximum atomic E-state index is 13.6. The van der Waals surface area contributed by atoms with Gasteiger partial charge >= 0.3 is 0 Å². The van der Waals surface area contributed by atoms with Crippen LogP contribution in [0.15, 0.2) is 18.2 Å². The van der Waals surface area contributed by atoms with Gasteiger partial charge in [0.15, 0.2) is 0 Å². The zero-order valence-corrected chi connectivity index (χ0v) is 12.6. The van der Waals surface area contributed by atoms with E-state index in [0.29, 0.717) is 5.41 Å². The van der Waals surface area contributed by atoms with E-state index in [2.05, 4.69) is 41.3 Å². The Morgan fingerprint density at radius 1 is 1.29 bits per heavy atom. The van der Waals surface area contributed by atoms with E-state index < -0.39 is 0 Å². The molecule has 0 atom stereocenters. The van der Waals surface area contributed by atoms with Crippen molar-refractivity contribution in [2.24, 2.45) is 5.41 Å². The second-order valence-corrected chi connectivity index (χ2v) is 6.92. The molecule has 1 fully saturated rings. The molecule has 1 aliphatic heterocycles. The zero-order valence-electron chi connectivity index (χ0n) is 10.5. The second-order valence-electron chi connectivity index (χ2n) is 5.68. The van der Waals surface area contributed by atoms with E-state index >= 15 is 0 Å². The summed E-state index contributed by atoms with van der Waals surface area (Å²) in [6.07, 6.45) is 2.41. The smallest absolute Gasteiger partial charge is 0.127 e. The van der Waals surface area contributed by atoms with Crippen LogP contribution >= 0.6 is 22.6 Å². The maximum Gasteiger partial charge on any atom is 0.127 e. The molecule has 0 amide bonds. The van der Waals surface area contributed by atoms with Crippen LogP contribution in [0.4, 0.5) is 4.39 Å². The van der Waals surface area contributed by atoms with E-state index in [-0.39, 0.29) is 5.82 Å². The fourth-order valence-corrected chi connectivity index (χ4v) is 2.78. The molecule has 2 rings (SSSR count). The molecule has 0 N–H and O–H groups in total. The fourth-order valence-electron chi connectivity index (χ4n) is 2.22. The van der Waals surface area contributed by atoms with E-state index in [1.807, 2.05) is 12.1 Å². The van der Waals surface area contributed by atoms with Gasteiger partial charge in [0.1, 0.15) is 5.82 Å². The third kappa shape index (κ3) is 3.65. The minimum absolute atomic E-state index is 0.0738. The first-order valence-corrected chi connectivity index (χ1v) is 7.20. The van der Waals surface area contributed by atoms with Crippen LogP contribution in [-0.4, -0.2) is 18.0 Å². The highest BCUT2D eigenvalue weighted by molar-refractivity contribution is 14.1. The topological polar surface area (TPSA) is 3.24 Å². The van der Waals surface area contributed by atoms with E-state index in [1.165, 1.54) is 12.8 Å². The van der Waals surface area contributed by atoms with Gasteiger partial charge < -0.3 is 0 Å². The molecular formula is C14H19FIN. The average Bonchev–Trinajstić information content (AvgIpc) is 2.26. The Morgan fingerprint density at radius 2 is 1.94 bits per heavy atom. The molecule has 0 unspecified atom stereocenters. The summed E-state index contributed by atoms with van der Waals surface area (Å²) in [6, 6.07) is 5.35. The van der Waals surface area contributed by atoms with Gasteiger partial charge in [-0.15, -0.1) is 0 Å². The molecule has 94 valence electrons. The normalized spacial score (nSPS) is 20.5. The summed E-state index contributed by atoms with van der Waals surface area (Å²) in [7, 11) is 0. The molecule has 0 spiro atoms. The molecule has 1 aromatic carbocycles. The van der Waals surface area contributed by atoms with Gasteiger partial charge in [0.25, 0.3) is 0 Å². The van der Waals surface area contributed by atoms with Crippen LogP contribution in [0.25, 0.3) is 0 Å². The van der Waals surface area contributed by atoms with Crippen LogP contribution in [0.3, 0.4) is 0 Å². The zero-order chi connectivity index (χ0) is 12.5. The highest BCUT2D eigenvalue weighted by atomic mass is 127. The Balaban J connectivity index is 2.00. The molecule has 0 aromatic heterocycles. The van der Waals surface area contributed by atoms with Gasteiger partial charge in [-0.2, -0.15) is 0 Å². The number of benzene rings is 1. The van der Waals surface area contributed by atoms with Crippen LogP contribution in [0, 0.1) is 14.8 Å². The van der Waals surface area contributed by atoms with Crippen molar-refractivity contribution in [2.45, 2.75) is 33.2 Å². The minimum Gasteiger partial charge on any atom is -0.299 e. The summed E-state index contributed by atoms with van der Waals surface area (Å²) in [6.45, 7) is 7.54. The van der Waals surface area contributed by atoms with Crippen molar-refractivity contribution in [1.82, 2.24) is 4.90 Å². The molecule has 0 bridgehead atoms. The summed E-state index contributed by atoms with van der Waals surface area (Å²) in [4.78, 5) is 2.36. The van der Waals surface area contributed by atoms with Crippen LogP contribution in [0.1, 0.15) is 32.3 Å². The van der Waals surface area contributed by atoms with Crippen molar-refractivity contribution in [1.29, 1.82) is 0 Å². The van der Waals surface area contributed by atoms with Gasteiger partial charge in [-0.05, 0) is 72.1 Å². The lowest BCUT2D eigenvalue weighted by atomic mass is 9.82. The van der Waals surface area contributed by atoms with Crippen molar-refractivity contribution >= 4 is 22.6 Å². The van der Waals surface area contributed by atoms with E-state index in [1.54, 1.807) is 6.07 Å². The Morgan fingerprint density at radius 3 is 2.59 bits per heavy atom. The fraction of sp³-hybridized carbons (Fsp3) is 0.571. The third-order valence-corrected chi connectivity index (χ3v) is 4.28. The number of piperidine rings is 1. The van der Waals surface area contributed by atoms with Crippen LogP contribution in [0.5, 0.6) is 0 Å². The molecule has 0 saturated carbocycles. The molecule has 0 radical (unpaired) electrons. The number of hydrogen-bond donors (Lipinski definition) is 0. The lowest BCUT2D eigenvalue weighted by Crippen LogP contribution is -2.36. The van der Waals surface area contributed by atoms with Crippen molar-refractivity contribution in [2.75, 3.05) is 13.1 Å². The van der Waals surface area contributed by atoms with Gasteiger partial charge in [0.2, 0.25) is 0 Å². The number of hydrogen-bond acceptors (Lipinski definition) is 1. The molecule has 1 aromatic rings. The summed E-state index contributed by atoms with van der Waals surface area (Å²) in [5.74, 6) is -0.0738. The highest BCUT2D eigenvalue weighted by Crippen LogP contribution is 2.30. The molecule has 3 heteroatoms. The Labute approximate surface area is 117 Å². The Hall–Kier alpha value is -0.160. The van der Waals surface area contributed by atoms with Gasteiger partial charge in [0.05, 0.1) is 0 Å². The summed E-state index contributed by atoms with van der Waals surface area (Å²) >= 11 is 2.24. The Bertz CT molecular complexity index is 393. The molecule has 1 aliphatic rings. The monoisotopic (exact) mass is 347 g/mol. The quantitative estimate of drug-likeness (QED) is 0.730. The molecule has 0 aliphatic carbocycles. The summed E-state index contributed by atoms with van der Waals surface area (Å²) < 4.78 is 14.8. The van der Waals surface area contributed by atoms with Gasteiger partial charge in [-0.25, -0.2) is 4.39 Å². The van der Waals surface area contributed by atoms with Gasteiger partial charge in [-0.1, -0.05) is 13.8 Å². The maximum absolute atomic E-state index is 13.6. The lowest BCUT2D eigenvalue weighted by molar-refractivity contribution is 0.126. The SMILES string of the molecule is CC1(C)CCN(Cc2cc(I)ccc2F)CC1. The lowest BCUT2D eigenvalue weighted by Gasteiger charge is -2.37. The second kappa shape index (κ2) is 5.22. The number of likely N-dealkylation sites (tertiary alicyclic amines) is 1. The minimum atomic E-state index is -0.0738. The summed E-state index contributed by atoms with van der Waals surface area (Å²) in [5.41, 5.74) is 1.29. The molecule has 1 nitrogen and oxygen atoms in total.